The molecule has 2 heteroatoms. The molecule has 0 aromatic rings. The van der Waals surface area contributed by atoms with Crippen molar-refractivity contribution in [2.24, 2.45) is 11.8 Å². The van der Waals surface area contributed by atoms with Gasteiger partial charge in [0, 0.05) is 0 Å². The number of esters is 1. The zero-order valence-corrected chi connectivity index (χ0v) is 6.88. The fourth-order valence-electron chi connectivity index (χ4n) is 2.24. The highest BCUT2D eigenvalue weighted by atomic mass is 16.5. The van der Waals surface area contributed by atoms with Gasteiger partial charge in [-0.25, -0.2) is 0 Å². The maximum Gasteiger partial charge on any atom is 0.308 e. The van der Waals surface area contributed by atoms with Gasteiger partial charge in [-0.05, 0) is 31.6 Å². The quantitative estimate of drug-likeness (QED) is 0.497. The average Bonchev–Trinajstić information content (AvgIpc) is 2.36. The van der Waals surface area contributed by atoms with Gasteiger partial charge in [-0.15, -0.1) is 0 Å². The summed E-state index contributed by atoms with van der Waals surface area (Å²) in [6.07, 6.45) is 4.95. The normalized spacial score (nSPS) is 43.4. The van der Waals surface area contributed by atoms with Crippen LogP contribution < -0.4 is 0 Å². The van der Waals surface area contributed by atoms with E-state index in [0.717, 1.165) is 12.8 Å². The molecule has 3 atom stereocenters. The molecule has 0 amide bonds. The monoisotopic (exact) mass is 154 g/mol. The Bertz CT molecular complexity index is 176. The van der Waals surface area contributed by atoms with Crippen molar-refractivity contribution in [1.29, 1.82) is 0 Å². The minimum absolute atomic E-state index is 0.0214. The first kappa shape index (κ1) is 7.14. The molecule has 1 aliphatic heterocycles. The fraction of sp³-hybridized carbons (Fsp3) is 0.889. The third-order valence-electron chi connectivity index (χ3n) is 2.92. The van der Waals surface area contributed by atoms with Gasteiger partial charge >= 0.3 is 5.97 Å². The van der Waals surface area contributed by atoms with Gasteiger partial charge in [-0.1, -0.05) is 6.92 Å². The Hall–Kier alpha value is -0.530. The van der Waals surface area contributed by atoms with Crippen LogP contribution in [0.2, 0.25) is 0 Å². The topological polar surface area (TPSA) is 26.3 Å². The Labute approximate surface area is 66.9 Å². The summed E-state index contributed by atoms with van der Waals surface area (Å²) >= 11 is 0. The SMILES string of the molecule is CC1CC2CCCC2OC1=O. The van der Waals surface area contributed by atoms with Crippen molar-refractivity contribution in [2.75, 3.05) is 0 Å². The number of carbonyl (C=O) groups excluding carboxylic acids is 1. The van der Waals surface area contributed by atoms with Crippen LogP contribution in [-0.2, 0) is 9.53 Å². The van der Waals surface area contributed by atoms with Crippen LogP contribution in [0, 0.1) is 11.8 Å². The van der Waals surface area contributed by atoms with Gasteiger partial charge < -0.3 is 4.74 Å². The first-order valence-electron chi connectivity index (χ1n) is 4.48. The molecule has 1 aliphatic carbocycles. The highest BCUT2D eigenvalue weighted by Gasteiger charge is 2.37. The van der Waals surface area contributed by atoms with E-state index in [-0.39, 0.29) is 18.0 Å². The molecule has 2 nitrogen and oxygen atoms in total. The van der Waals surface area contributed by atoms with Crippen molar-refractivity contribution < 1.29 is 9.53 Å². The minimum atomic E-state index is 0.0214. The number of rotatable bonds is 0. The van der Waals surface area contributed by atoms with Gasteiger partial charge in [0.05, 0.1) is 5.92 Å². The molecule has 2 rings (SSSR count). The van der Waals surface area contributed by atoms with E-state index in [4.69, 9.17) is 4.74 Å². The highest BCUT2D eigenvalue weighted by Crippen LogP contribution is 2.37. The van der Waals surface area contributed by atoms with Crippen LogP contribution in [0.4, 0.5) is 0 Å². The maximum absolute atomic E-state index is 11.1. The first-order valence-corrected chi connectivity index (χ1v) is 4.48. The number of carbonyl (C=O) groups is 1. The smallest absolute Gasteiger partial charge is 0.308 e. The van der Waals surface area contributed by atoms with E-state index in [0.29, 0.717) is 5.92 Å². The summed E-state index contributed by atoms with van der Waals surface area (Å²) in [4.78, 5) is 11.1. The molecule has 1 heterocycles. The van der Waals surface area contributed by atoms with E-state index in [1.54, 1.807) is 0 Å². The molecule has 0 aromatic carbocycles. The summed E-state index contributed by atoms with van der Waals surface area (Å²) in [6, 6.07) is 0. The molecule has 62 valence electrons. The van der Waals surface area contributed by atoms with Crippen molar-refractivity contribution in [3.63, 3.8) is 0 Å². The lowest BCUT2D eigenvalue weighted by atomic mass is 9.90. The van der Waals surface area contributed by atoms with E-state index < -0.39 is 0 Å². The van der Waals surface area contributed by atoms with Crippen molar-refractivity contribution in [3.05, 3.63) is 0 Å². The highest BCUT2D eigenvalue weighted by molar-refractivity contribution is 5.73. The lowest BCUT2D eigenvalue weighted by Gasteiger charge is -2.28. The van der Waals surface area contributed by atoms with Crippen molar-refractivity contribution in [2.45, 2.75) is 38.7 Å². The van der Waals surface area contributed by atoms with Crippen LogP contribution in [0.15, 0.2) is 0 Å². The zero-order valence-electron chi connectivity index (χ0n) is 6.88. The van der Waals surface area contributed by atoms with Crippen LogP contribution in [-0.4, -0.2) is 12.1 Å². The Morgan fingerprint density at radius 1 is 1.45 bits per heavy atom. The van der Waals surface area contributed by atoms with Crippen LogP contribution in [0.1, 0.15) is 32.6 Å². The van der Waals surface area contributed by atoms with Crippen LogP contribution in [0.25, 0.3) is 0 Å². The lowest BCUT2D eigenvalue weighted by Crippen LogP contribution is -2.33. The Kier molecular flexibility index (Phi) is 1.63. The summed E-state index contributed by atoms with van der Waals surface area (Å²) in [6.45, 7) is 1.97. The van der Waals surface area contributed by atoms with E-state index in [2.05, 4.69) is 0 Å². The predicted octanol–water partition coefficient (Wildman–Crippen LogP) is 1.74. The Morgan fingerprint density at radius 3 is 3.09 bits per heavy atom. The van der Waals surface area contributed by atoms with Gasteiger partial charge in [0.1, 0.15) is 6.10 Å². The zero-order chi connectivity index (χ0) is 7.84. The molecule has 1 saturated carbocycles. The Balaban J connectivity index is 2.06. The fourth-order valence-corrected chi connectivity index (χ4v) is 2.24. The largest absolute Gasteiger partial charge is 0.462 e. The van der Waals surface area contributed by atoms with Crippen LogP contribution in [0.3, 0.4) is 0 Å². The number of hydrogen-bond donors (Lipinski definition) is 0. The second kappa shape index (κ2) is 2.50. The molecular weight excluding hydrogens is 140 g/mol. The molecule has 2 aliphatic rings. The standard InChI is InChI=1S/C9H14O2/c1-6-5-7-3-2-4-8(7)11-9(6)10/h6-8H,2-5H2,1H3. The lowest BCUT2D eigenvalue weighted by molar-refractivity contribution is -0.162. The molecule has 0 aromatic heterocycles. The summed E-state index contributed by atoms with van der Waals surface area (Å²) in [5.41, 5.74) is 0. The molecule has 0 bridgehead atoms. The van der Waals surface area contributed by atoms with Gasteiger partial charge in [0.2, 0.25) is 0 Å². The Morgan fingerprint density at radius 2 is 2.27 bits per heavy atom. The maximum atomic E-state index is 11.1. The second-order valence-corrected chi connectivity index (χ2v) is 3.80. The van der Waals surface area contributed by atoms with Gasteiger partial charge in [0.15, 0.2) is 0 Å². The van der Waals surface area contributed by atoms with E-state index >= 15 is 0 Å². The second-order valence-electron chi connectivity index (χ2n) is 3.80. The molecular formula is C9H14O2. The van der Waals surface area contributed by atoms with Gasteiger partial charge in [0.25, 0.3) is 0 Å². The summed E-state index contributed by atoms with van der Waals surface area (Å²) < 4.78 is 5.28. The number of fused-ring (bicyclic) bond motifs is 1. The third-order valence-corrected chi connectivity index (χ3v) is 2.92. The molecule has 3 unspecified atom stereocenters. The molecule has 0 radical (unpaired) electrons. The van der Waals surface area contributed by atoms with Crippen LogP contribution >= 0.6 is 0 Å². The average molecular weight is 154 g/mol. The molecule has 11 heavy (non-hydrogen) atoms. The number of ether oxygens (including phenoxy) is 1. The van der Waals surface area contributed by atoms with Crippen molar-refractivity contribution >= 4 is 5.97 Å². The molecule has 0 N–H and O–H groups in total. The first-order chi connectivity index (χ1) is 5.27. The van der Waals surface area contributed by atoms with E-state index in [9.17, 15) is 4.79 Å². The van der Waals surface area contributed by atoms with Gasteiger partial charge in [-0.2, -0.15) is 0 Å². The summed E-state index contributed by atoms with van der Waals surface area (Å²) in [5, 5.41) is 0. The molecule has 2 fully saturated rings. The van der Waals surface area contributed by atoms with E-state index in [1.807, 2.05) is 6.92 Å². The predicted molar refractivity (Wildman–Crippen MR) is 41.0 cm³/mol. The van der Waals surface area contributed by atoms with E-state index in [1.165, 1.54) is 12.8 Å². The summed E-state index contributed by atoms with van der Waals surface area (Å²) in [5.74, 6) is 0.852. The van der Waals surface area contributed by atoms with Gasteiger partial charge in [-0.3, -0.25) is 4.79 Å². The van der Waals surface area contributed by atoms with Crippen molar-refractivity contribution in [3.8, 4) is 0 Å². The molecule has 1 saturated heterocycles. The van der Waals surface area contributed by atoms with Crippen molar-refractivity contribution in [1.82, 2.24) is 0 Å². The number of hydrogen-bond acceptors (Lipinski definition) is 2. The van der Waals surface area contributed by atoms with Crippen LogP contribution in [0.5, 0.6) is 0 Å². The summed E-state index contributed by atoms with van der Waals surface area (Å²) in [7, 11) is 0. The minimum Gasteiger partial charge on any atom is -0.462 e. The molecule has 0 spiro atoms. The third kappa shape index (κ3) is 1.15.